The van der Waals surface area contributed by atoms with Gasteiger partial charge in [-0.1, -0.05) is 13.8 Å². The van der Waals surface area contributed by atoms with Gasteiger partial charge in [0.05, 0.1) is 11.0 Å². The van der Waals surface area contributed by atoms with Crippen LogP contribution in [0, 0.1) is 23.2 Å². The molecule has 4 saturated carbocycles. The lowest BCUT2D eigenvalue weighted by atomic mass is 9.47. The quantitative estimate of drug-likeness (QED) is 0.804. The summed E-state index contributed by atoms with van der Waals surface area (Å²) in [4.78, 5) is 12.5. The molecule has 120 valence electrons. The van der Waals surface area contributed by atoms with E-state index in [2.05, 4.69) is 6.92 Å². The second-order valence-electron chi connectivity index (χ2n) is 8.50. The van der Waals surface area contributed by atoms with E-state index in [1.54, 1.807) is 0 Å². The maximum Gasteiger partial charge on any atom is 0.312 e. The molecule has 4 rings (SSSR count). The van der Waals surface area contributed by atoms with Crippen molar-refractivity contribution >= 4 is 5.97 Å². The van der Waals surface area contributed by atoms with Gasteiger partial charge < -0.3 is 9.84 Å². The molecule has 0 aliphatic heterocycles. The van der Waals surface area contributed by atoms with Gasteiger partial charge in [0, 0.05) is 0 Å². The molecule has 0 amide bonds. The fourth-order valence-corrected chi connectivity index (χ4v) is 5.18. The Morgan fingerprint density at radius 3 is 2.24 bits per heavy atom. The number of hydrogen-bond acceptors (Lipinski definition) is 3. The van der Waals surface area contributed by atoms with Gasteiger partial charge in [-0.2, -0.15) is 0 Å². The van der Waals surface area contributed by atoms with Crippen LogP contribution >= 0.6 is 0 Å². The Hall–Kier alpha value is -0.570. The van der Waals surface area contributed by atoms with E-state index in [0.29, 0.717) is 17.8 Å². The number of carbonyl (C=O) groups excluding carboxylic acids is 1. The maximum atomic E-state index is 12.5. The van der Waals surface area contributed by atoms with E-state index in [9.17, 15) is 9.90 Å². The van der Waals surface area contributed by atoms with Crippen molar-refractivity contribution in [2.24, 2.45) is 23.2 Å². The van der Waals surface area contributed by atoms with Gasteiger partial charge in [0.25, 0.3) is 0 Å². The highest BCUT2D eigenvalue weighted by atomic mass is 16.6. The zero-order valence-electron chi connectivity index (χ0n) is 13.9. The third-order valence-corrected chi connectivity index (χ3v) is 6.86. The summed E-state index contributed by atoms with van der Waals surface area (Å²) in [5.41, 5.74) is -1.18. The predicted molar refractivity (Wildman–Crippen MR) is 81.7 cm³/mol. The normalized spacial score (nSPS) is 44.9. The van der Waals surface area contributed by atoms with Crippen molar-refractivity contribution in [1.82, 2.24) is 0 Å². The first kappa shape index (κ1) is 15.3. The highest BCUT2D eigenvalue weighted by Gasteiger charge is 2.62. The third-order valence-electron chi connectivity index (χ3n) is 6.86. The number of esters is 1. The van der Waals surface area contributed by atoms with Crippen LogP contribution in [-0.2, 0) is 9.53 Å². The summed E-state index contributed by atoms with van der Waals surface area (Å²) in [6.07, 6.45) is 6.64. The van der Waals surface area contributed by atoms with E-state index in [-0.39, 0.29) is 11.6 Å². The van der Waals surface area contributed by atoms with Gasteiger partial charge in [-0.3, -0.25) is 4.79 Å². The minimum atomic E-state index is -0.507. The summed E-state index contributed by atoms with van der Waals surface area (Å²) in [5, 5.41) is 11.0. The molecule has 21 heavy (non-hydrogen) atoms. The molecule has 3 nitrogen and oxygen atoms in total. The highest BCUT2D eigenvalue weighted by Crippen LogP contribution is 2.62. The zero-order valence-corrected chi connectivity index (χ0v) is 13.9. The topological polar surface area (TPSA) is 46.5 Å². The van der Waals surface area contributed by atoms with Crippen molar-refractivity contribution in [3.05, 3.63) is 0 Å². The Kier molecular flexibility index (Phi) is 3.44. The minimum absolute atomic E-state index is 0.0491. The van der Waals surface area contributed by atoms with Crippen LogP contribution in [0.2, 0.25) is 0 Å². The fraction of sp³-hybridized carbons (Fsp3) is 0.944. The van der Waals surface area contributed by atoms with Crippen LogP contribution in [0.5, 0.6) is 0 Å². The minimum Gasteiger partial charge on any atom is -0.459 e. The molecule has 4 bridgehead atoms. The molecule has 4 fully saturated rings. The Labute approximate surface area is 128 Å². The molecule has 0 spiro atoms. The Morgan fingerprint density at radius 1 is 1.19 bits per heavy atom. The number of ether oxygens (including phenoxy) is 1. The molecule has 3 heteroatoms. The Balaban J connectivity index is 1.81. The van der Waals surface area contributed by atoms with Crippen LogP contribution in [0.4, 0.5) is 0 Å². The molecular weight excluding hydrogens is 264 g/mol. The van der Waals surface area contributed by atoms with Crippen LogP contribution in [0.15, 0.2) is 0 Å². The van der Waals surface area contributed by atoms with Crippen LogP contribution in [-0.4, -0.2) is 22.3 Å². The van der Waals surface area contributed by atoms with Crippen LogP contribution in [0.1, 0.15) is 72.6 Å². The lowest BCUT2D eigenvalue weighted by Crippen LogP contribution is -2.64. The molecule has 2 atom stereocenters. The molecule has 0 saturated heterocycles. The highest BCUT2D eigenvalue weighted by molar-refractivity contribution is 5.76. The Bertz CT molecular complexity index is 424. The average Bonchev–Trinajstić information content (AvgIpc) is 2.43. The average molecular weight is 294 g/mol. The van der Waals surface area contributed by atoms with Crippen molar-refractivity contribution < 1.29 is 14.6 Å². The first-order valence-electron chi connectivity index (χ1n) is 8.70. The summed E-state index contributed by atoms with van der Waals surface area (Å²) >= 11 is 0. The standard InChI is InChI=1S/C18H30O3/c1-5-16(3,4)15(19)21-17-9-12-7-13(10-17)18(20,6-2)14(8-12)11-17/h12-14,20H,5-11H2,1-4H3. The van der Waals surface area contributed by atoms with E-state index < -0.39 is 11.0 Å². The summed E-state index contributed by atoms with van der Waals surface area (Å²) < 4.78 is 6.09. The van der Waals surface area contributed by atoms with Gasteiger partial charge in [-0.05, 0) is 76.5 Å². The second-order valence-corrected chi connectivity index (χ2v) is 8.50. The third kappa shape index (κ3) is 2.23. The molecular formula is C18H30O3. The summed E-state index contributed by atoms with van der Waals surface area (Å²) in [6.45, 7) is 8.08. The van der Waals surface area contributed by atoms with Crippen molar-refractivity contribution in [3.63, 3.8) is 0 Å². The van der Waals surface area contributed by atoms with E-state index in [1.807, 2.05) is 20.8 Å². The van der Waals surface area contributed by atoms with Crippen LogP contribution in [0.3, 0.4) is 0 Å². The van der Waals surface area contributed by atoms with Gasteiger partial charge in [-0.15, -0.1) is 0 Å². The summed E-state index contributed by atoms with van der Waals surface area (Å²) in [7, 11) is 0. The molecule has 0 aromatic heterocycles. The van der Waals surface area contributed by atoms with Gasteiger partial charge in [0.15, 0.2) is 0 Å². The molecule has 0 aromatic carbocycles. The molecule has 0 aromatic rings. The van der Waals surface area contributed by atoms with Gasteiger partial charge in [0.1, 0.15) is 5.60 Å². The molecule has 0 heterocycles. The molecule has 2 unspecified atom stereocenters. The SMILES string of the molecule is CCC(C)(C)C(=O)OC12CC3CC(C1)C(O)(CC)C(C3)C2. The van der Waals surface area contributed by atoms with Crippen molar-refractivity contribution in [2.75, 3.05) is 0 Å². The van der Waals surface area contributed by atoms with Gasteiger partial charge in [0.2, 0.25) is 0 Å². The van der Waals surface area contributed by atoms with E-state index in [4.69, 9.17) is 4.74 Å². The first-order valence-corrected chi connectivity index (χ1v) is 8.70. The molecule has 0 radical (unpaired) electrons. The smallest absolute Gasteiger partial charge is 0.312 e. The van der Waals surface area contributed by atoms with E-state index in [0.717, 1.165) is 44.9 Å². The van der Waals surface area contributed by atoms with Gasteiger partial charge >= 0.3 is 5.97 Å². The summed E-state index contributed by atoms with van der Waals surface area (Å²) in [5.74, 6) is 1.25. The maximum absolute atomic E-state index is 12.5. The number of aliphatic hydroxyl groups is 1. The van der Waals surface area contributed by atoms with Gasteiger partial charge in [-0.25, -0.2) is 0 Å². The lowest BCUT2D eigenvalue weighted by Gasteiger charge is -2.62. The number of rotatable bonds is 4. The fourth-order valence-electron chi connectivity index (χ4n) is 5.18. The monoisotopic (exact) mass is 294 g/mol. The second kappa shape index (κ2) is 4.71. The largest absolute Gasteiger partial charge is 0.459 e. The Morgan fingerprint density at radius 2 is 1.76 bits per heavy atom. The number of carbonyl (C=O) groups is 1. The number of hydrogen-bond donors (Lipinski definition) is 1. The zero-order chi connectivity index (χ0) is 15.5. The summed E-state index contributed by atoms with van der Waals surface area (Å²) in [6, 6.07) is 0. The van der Waals surface area contributed by atoms with Crippen LogP contribution in [0.25, 0.3) is 0 Å². The van der Waals surface area contributed by atoms with E-state index in [1.165, 1.54) is 0 Å². The van der Waals surface area contributed by atoms with Crippen molar-refractivity contribution in [3.8, 4) is 0 Å². The molecule has 4 aliphatic carbocycles. The lowest BCUT2D eigenvalue weighted by molar-refractivity contribution is -0.243. The van der Waals surface area contributed by atoms with Crippen molar-refractivity contribution in [2.45, 2.75) is 83.8 Å². The van der Waals surface area contributed by atoms with Crippen molar-refractivity contribution in [1.29, 1.82) is 0 Å². The van der Waals surface area contributed by atoms with Crippen LogP contribution < -0.4 is 0 Å². The molecule has 1 N–H and O–H groups in total. The first-order chi connectivity index (χ1) is 9.74. The molecule has 4 aliphatic rings. The predicted octanol–water partition coefficient (Wildman–Crippen LogP) is 3.69. The van der Waals surface area contributed by atoms with E-state index >= 15 is 0 Å².